The number of amides is 1. The SMILES string of the molecule is CC[C@@H](NC(=O)[C@H]1CCCN(S(=O)(=O)c2cnn(C)c2C)C1)C12CC3CC(CC(C3)C1)C2. The van der Waals surface area contributed by atoms with Gasteiger partial charge in [-0.15, -0.1) is 0 Å². The van der Waals surface area contributed by atoms with Gasteiger partial charge in [0, 0.05) is 26.2 Å². The third-order valence-electron chi connectivity index (χ3n) is 9.11. The lowest BCUT2D eigenvalue weighted by molar-refractivity contribution is -0.131. The van der Waals surface area contributed by atoms with Gasteiger partial charge in [0.05, 0.1) is 17.8 Å². The van der Waals surface area contributed by atoms with Crippen molar-refractivity contribution >= 4 is 15.9 Å². The lowest BCUT2D eigenvalue weighted by Gasteiger charge is -2.59. The van der Waals surface area contributed by atoms with E-state index in [1.165, 1.54) is 49.0 Å². The van der Waals surface area contributed by atoms with Crippen molar-refractivity contribution in [2.24, 2.45) is 36.1 Å². The van der Waals surface area contributed by atoms with Crippen molar-refractivity contribution in [1.82, 2.24) is 19.4 Å². The number of aryl methyl sites for hydroxylation is 1. The first kappa shape index (κ1) is 22.4. The van der Waals surface area contributed by atoms with Crippen molar-refractivity contribution in [1.29, 1.82) is 0 Å². The molecule has 2 heterocycles. The Labute approximate surface area is 192 Å². The molecule has 0 spiro atoms. The van der Waals surface area contributed by atoms with Crippen molar-refractivity contribution < 1.29 is 13.2 Å². The Kier molecular flexibility index (Phi) is 5.68. The Morgan fingerprint density at radius 1 is 1.22 bits per heavy atom. The summed E-state index contributed by atoms with van der Waals surface area (Å²) in [6, 6.07) is 0.218. The summed E-state index contributed by atoms with van der Waals surface area (Å²) < 4.78 is 29.6. The first-order valence-electron chi connectivity index (χ1n) is 12.5. The summed E-state index contributed by atoms with van der Waals surface area (Å²) >= 11 is 0. The van der Waals surface area contributed by atoms with E-state index in [1.807, 2.05) is 0 Å². The maximum Gasteiger partial charge on any atom is 0.246 e. The van der Waals surface area contributed by atoms with Gasteiger partial charge in [0.1, 0.15) is 4.90 Å². The van der Waals surface area contributed by atoms with Crippen LogP contribution in [0, 0.1) is 36.0 Å². The van der Waals surface area contributed by atoms with Gasteiger partial charge in [-0.2, -0.15) is 9.40 Å². The number of hydrogen-bond acceptors (Lipinski definition) is 4. The molecule has 32 heavy (non-hydrogen) atoms. The van der Waals surface area contributed by atoms with E-state index in [4.69, 9.17) is 0 Å². The number of hydrogen-bond donors (Lipinski definition) is 1. The zero-order valence-corrected chi connectivity index (χ0v) is 20.5. The van der Waals surface area contributed by atoms with Gasteiger partial charge in [-0.1, -0.05) is 6.92 Å². The topological polar surface area (TPSA) is 84.3 Å². The highest BCUT2D eigenvalue weighted by Gasteiger charge is 2.54. The van der Waals surface area contributed by atoms with Gasteiger partial charge < -0.3 is 5.32 Å². The Bertz CT molecular complexity index is 950. The second-order valence-corrected chi connectivity index (χ2v) is 13.1. The van der Waals surface area contributed by atoms with Gasteiger partial charge in [-0.25, -0.2) is 8.42 Å². The van der Waals surface area contributed by atoms with Crippen molar-refractivity contribution in [3.05, 3.63) is 11.9 Å². The number of carbonyl (C=O) groups is 1. The molecule has 2 atom stereocenters. The average Bonchev–Trinajstić information content (AvgIpc) is 3.10. The Morgan fingerprint density at radius 3 is 2.38 bits per heavy atom. The van der Waals surface area contributed by atoms with Gasteiger partial charge in [-0.05, 0) is 87.9 Å². The number of sulfonamides is 1. The van der Waals surface area contributed by atoms with Crippen molar-refractivity contribution in [3.8, 4) is 0 Å². The van der Waals surface area contributed by atoms with E-state index in [9.17, 15) is 13.2 Å². The van der Waals surface area contributed by atoms with Gasteiger partial charge in [0.25, 0.3) is 0 Å². The number of nitrogens with one attached hydrogen (secondary N) is 1. The molecular weight excluding hydrogens is 424 g/mol. The molecule has 5 aliphatic rings. The largest absolute Gasteiger partial charge is 0.353 e. The van der Waals surface area contributed by atoms with Crippen LogP contribution >= 0.6 is 0 Å². The van der Waals surface area contributed by atoms with Gasteiger partial charge in [-0.3, -0.25) is 9.48 Å². The monoisotopic (exact) mass is 462 g/mol. The molecule has 0 radical (unpaired) electrons. The Balaban J connectivity index is 1.29. The summed E-state index contributed by atoms with van der Waals surface area (Å²) in [5.41, 5.74) is 0.899. The molecule has 8 heteroatoms. The fourth-order valence-electron chi connectivity index (χ4n) is 7.83. The van der Waals surface area contributed by atoms with Crippen LogP contribution in [0.2, 0.25) is 0 Å². The summed E-state index contributed by atoms with van der Waals surface area (Å²) in [5, 5.41) is 7.55. The summed E-state index contributed by atoms with van der Waals surface area (Å²) in [4.78, 5) is 13.6. The molecule has 178 valence electrons. The van der Waals surface area contributed by atoms with Gasteiger partial charge >= 0.3 is 0 Å². The quantitative estimate of drug-likeness (QED) is 0.703. The second kappa shape index (κ2) is 8.12. The summed E-state index contributed by atoms with van der Waals surface area (Å²) in [7, 11) is -1.89. The molecule has 4 aliphatic carbocycles. The third kappa shape index (κ3) is 3.71. The van der Waals surface area contributed by atoms with Crippen LogP contribution < -0.4 is 5.32 Å². The lowest BCUT2D eigenvalue weighted by atomic mass is 9.47. The van der Waals surface area contributed by atoms with Crippen LogP contribution in [0.3, 0.4) is 0 Å². The van der Waals surface area contributed by atoms with E-state index in [-0.39, 0.29) is 34.7 Å². The van der Waals surface area contributed by atoms with E-state index in [0.29, 0.717) is 18.7 Å². The molecule has 1 aromatic rings. The minimum absolute atomic E-state index is 0.0513. The number of carbonyl (C=O) groups excluding carboxylic acids is 1. The van der Waals surface area contributed by atoms with Crippen LogP contribution in [-0.2, 0) is 21.9 Å². The molecule has 1 saturated heterocycles. The molecule has 0 aromatic carbocycles. The number of nitrogens with zero attached hydrogens (tertiary/aromatic N) is 3. The normalized spacial score (nSPS) is 35.7. The van der Waals surface area contributed by atoms with Crippen LogP contribution in [0.25, 0.3) is 0 Å². The van der Waals surface area contributed by atoms with Crippen LogP contribution in [0.5, 0.6) is 0 Å². The molecule has 4 bridgehead atoms. The molecule has 1 aliphatic heterocycles. The van der Waals surface area contributed by atoms with E-state index in [2.05, 4.69) is 17.3 Å². The van der Waals surface area contributed by atoms with Crippen molar-refractivity contribution in [3.63, 3.8) is 0 Å². The maximum atomic E-state index is 13.4. The van der Waals surface area contributed by atoms with Gasteiger partial charge in [0.15, 0.2) is 0 Å². The van der Waals surface area contributed by atoms with E-state index >= 15 is 0 Å². The van der Waals surface area contributed by atoms with Crippen LogP contribution in [0.1, 0.15) is 70.4 Å². The highest BCUT2D eigenvalue weighted by Crippen LogP contribution is 2.61. The molecular formula is C24H38N4O3S. The molecule has 0 unspecified atom stereocenters. The summed E-state index contributed by atoms with van der Waals surface area (Å²) in [5.74, 6) is 2.33. The molecule has 4 saturated carbocycles. The van der Waals surface area contributed by atoms with Crippen LogP contribution in [0.15, 0.2) is 11.1 Å². The Hall–Kier alpha value is -1.41. The fraction of sp³-hybridized carbons (Fsp3) is 0.833. The van der Waals surface area contributed by atoms with Crippen molar-refractivity contribution in [2.45, 2.75) is 82.6 Å². The predicted molar refractivity (Wildman–Crippen MR) is 122 cm³/mol. The number of rotatable bonds is 6. The fourth-order valence-corrected chi connectivity index (χ4v) is 9.54. The van der Waals surface area contributed by atoms with E-state index in [1.54, 1.807) is 18.7 Å². The maximum absolute atomic E-state index is 13.4. The van der Waals surface area contributed by atoms with Crippen LogP contribution in [-0.4, -0.2) is 47.5 Å². The minimum Gasteiger partial charge on any atom is -0.353 e. The first-order valence-corrected chi connectivity index (χ1v) is 13.9. The highest BCUT2D eigenvalue weighted by molar-refractivity contribution is 7.89. The molecule has 5 fully saturated rings. The lowest BCUT2D eigenvalue weighted by Crippen LogP contribution is -2.58. The zero-order valence-electron chi connectivity index (χ0n) is 19.7. The summed E-state index contributed by atoms with van der Waals surface area (Å²) in [6.07, 6.45) is 11.8. The number of aromatic nitrogens is 2. The predicted octanol–water partition coefficient (Wildman–Crippen LogP) is 3.24. The van der Waals surface area contributed by atoms with Crippen molar-refractivity contribution in [2.75, 3.05) is 13.1 Å². The van der Waals surface area contributed by atoms with E-state index < -0.39 is 10.0 Å². The molecule has 1 aromatic heterocycles. The zero-order chi connectivity index (χ0) is 22.7. The minimum atomic E-state index is -3.64. The molecule has 1 N–H and O–H groups in total. The highest BCUT2D eigenvalue weighted by atomic mass is 32.2. The number of piperidine rings is 1. The smallest absolute Gasteiger partial charge is 0.246 e. The van der Waals surface area contributed by atoms with Crippen LogP contribution in [0.4, 0.5) is 0 Å². The standard InChI is InChI=1S/C24H38N4O3S/c1-4-22(24-11-17-8-18(12-24)10-19(9-17)13-24)26-23(29)20-6-5-7-28(15-20)32(30,31)21-14-25-27(3)16(21)2/h14,17-20,22H,4-13,15H2,1-3H3,(H,26,29)/t17?,18?,19?,20-,22+,24?/m0/s1. The third-order valence-corrected chi connectivity index (χ3v) is 11.1. The molecule has 1 amide bonds. The molecule has 6 rings (SSSR count). The summed E-state index contributed by atoms with van der Waals surface area (Å²) in [6.45, 7) is 4.70. The Morgan fingerprint density at radius 2 is 1.84 bits per heavy atom. The van der Waals surface area contributed by atoms with Gasteiger partial charge in [0.2, 0.25) is 15.9 Å². The first-order chi connectivity index (χ1) is 15.2. The average molecular weight is 463 g/mol. The van der Waals surface area contributed by atoms with E-state index in [0.717, 1.165) is 30.6 Å². The second-order valence-electron chi connectivity index (χ2n) is 11.2. The molecule has 7 nitrogen and oxygen atoms in total.